The lowest BCUT2D eigenvalue weighted by Gasteiger charge is -2.40. The molecule has 6 heteroatoms. The van der Waals surface area contributed by atoms with E-state index in [-0.39, 0.29) is 46.6 Å². The Balaban J connectivity index is 2.45. The van der Waals surface area contributed by atoms with Gasteiger partial charge in [-0.3, -0.25) is 0 Å². The molecule has 5 atom stereocenters. The Kier molecular flexibility index (Phi) is 12.2. The second-order valence-corrected chi connectivity index (χ2v) is 24.5. The fourth-order valence-electron chi connectivity index (χ4n) is 5.23. The molecule has 0 unspecified atom stereocenters. The molecule has 0 saturated heterocycles. The summed E-state index contributed by atoms with van der Waals surface area (Å²) in [6, 6.07) is 7.59. The molecular weight excluding hydrogens is 517 g/mol. The van der Waals surface area contributed by atoms with Gasteiger partial charge >= 0.3 is 0 Å². The number of benzene rings is 1. The molecule has 0 heterocycles. The van der Waals surface area contributed by atoms with E-state index in [0.717, 1.165) is 24.8 Å². The maximum Gasteiger partial charge on any atom is 0.192 e. The SMILES string of the molecule is CCCCC[C@@H](/C=C/[C@@H]1[C@@H](Cc2cccc(O)c2)[C@@H](CO)C[C@H]1O[Si](C)(C)C(C)(C)C)O[Si](C)(C)C(C)(C)C. The van der Waals surface area contributed by atoms with Crippen LogP contribution in [0.5, 0.6) is 5.75 Å². The standard InChI is InChI=1S/C33H60O4Si2/c1-12-13-14-18-28(36-38(8,9)32(2,3)4)19-20-29-30(22-25-16-15-17-27(35)21-25)26(24-34)23-31(29)37-39(10,11)33(5,6)7/h15-17,19-21,26,28-31,34-35H,12-14,18,22-24H2,1-11H3/b20-19+/t26-,28+,29-,30+,31-/m1/s1. The van der Waals surface area contributed by atoms with Crippen molar-refractivity contribution in [1.29, 1.82) is 0 Å². The van der Waals surface area contributed by atoms with Crippen LogP contribution in [0.3, 0.4) is 0 Å². The molecule has 0 bridgehead atoms. The number of unbranched alkanes of at least 4 members (excludes halogenated alkanes) is 2. The molecular formula is C33H60O4Si2. The average Bonchev–Trinajstić information content (AvgIpc) is 3.11. The largest absolute Gasteiger partial charge is 0.508 e. The summed E-state index contributed by atoms with van der Waals surface area (Å²) in [5, 5.41) is 20.9. The van der Waals surface area contributed by atoms with Crippen LogP contribution in [0.25, 0.3) is 0 Å². The zero-order chi connectivity index (χ0) is 29.6. The smallest absolute Gasteiger partial charge is 0.192 e. The van der Waals surface area contributed by atoms with Crippen molar-refractivity contribution in [1.82, 2.24) is 0 Å². The van der Waals surface area contributed by atoms with Gasteiger partial charge in [0.05, 0.1) is 12.2 Å². The number of hydrogen-bond donors (Lipinski definition) is 2. The van der Waals surface area contributed by atoms with E-state index < -0.39 is 16.6 Å². The van der Waals surface area contributed by atoms with E-state index in [1.165, 1.54) is 19.3 Å². The minimum atomic E-state index is -2.01. The fourth-order valence-corrected chi connectivity index (χ4v) is 7.91. The van der Waals surface area contributed by atoms with Gasteiger partial charge < -0.3 is 19.1 Å². The molecule has 0 spiro atoms. The van der Waals surface area contributed by atoms with Crippen molar-refractivity contribution in [3.05, 3.63) is 42.0 Å². The molecule has 0 aliphatic heterocycles. The van der Waals surface area contributed by atoms with Gasteiger partial charge in [-0.25, -0.2) is 0 Å². The Bertz CT molecular complexity index is 913. The van der Waals surface area contributed by atoms with Crippen LogP contribution in [-0.4, -0.2) is 45.7 Å². The van der Waals surface area contributed by atoms with Crippen molar-refractivity contribution < 1.29 is 19.1 Å². The highest BCUT2D eigenvalue weighted by molar-refractivity contribution is 6.74. The summed E-state index contributed by atoms with van der Waals surface area (Å²) in [5.74, 6) is 0.893. The van der Waals surface area contributed by atoms with Crippen LogP contribution in [0.2, 0.25) is 36.3 Å². The Hall–Kier alpha value is -0.926. The van der Waals surface area contributed by atoms with Gasteiger partial charge in [-0.05, 0) is 85.1 Å². The van der Waals surface area contributed by atoms with Crippen LogP contribution < -0.4 is 0 Å². The molecule has 1 aromatic rings. The maximum absolute atomic E-state index is 10.5. The number of aliphatic hydroxyl groups is 1. The summed E-state index contributed by atoms with van der Waals surface area (Å²) in [7, 11) is -3.94. The van der Waals surface area contributed by atoms with E-state index >= 15 is 0 Å². The second kappa shape index (κ2) is 13.8. The fraction of sp³-hybridized carbons (Fsp3) is 0.758. The zero-order valence-electron chi connectivity index (χ0n) is 27.0. The predicted molar refractivity (Wildman–Crippen MR) is 171 cm³/mol. The molecule has 4 nitrogen and oxygen atoms in total. The number of phenolic OH excluding ortho intramolecular Hbond substituents is 1. The summed E-state index contributed by atoms with van der Waals surface area (Å²) in [4.78, 5) is 0. The first kappa shape index (κ1) is 34.3. The number of hydrogen-bond acceptors (Lipinski definition) is 4. The molecule has 1 aliphatic rings. The second-order valence-electron chi connectivity index (χ2n) is 15.0. The Morgan fingerprint density at radius 1 is 1.00 bits per heavy atom. The van der Waals surface area contributed by atoms with E-state index in [1.807, 2.05) is 12.1 Å². The lowest BCUT2D eigenvalue weighted by Crippen LogP contribution is -2.45. The highest BCUT2D eigenvalue weighted by Crippen LogP contribution is 2.46. The van der Waals surface area contributed by atoms with Crippen molar-refractivity contribution in [3.8, 4) is 5.75 Å². The van der Waals surface area contributed by atoms with Crippen molar-refractivity contribution in [2.24, 2.45) is 17.8 Å². The van der Waals surface area contributed by atoms with Gasteiger partial charge in [0, 0.05) is 12.5 Å². The average molecular weight is 577 g/mol. The van der Waals surface area contributed by atoms with Gasteiger partial charge in [-0.2, -0.15) is 0 Å². The Labute approximate surface area is 242 Å². The zero-order valence-corrected chi connectivity index (χ0v) is 29.0. The maximum atomic E-state index is 10.5. The monoisotopic (exact) mass is 576 g/mol. The minimum Gasteiger partial charge on any atom is -0.508 e. The van der Waals surface area contributed by atoms with Crippen molar-refractivity contribution >= 4 is 16.6 Å². The third kappa shape index (κ3) is 9.56. The number of aromatic hydroxyl groups is 1. The highest BCUT2D eigenvalue weighted by atomic mass is 28.4. The van der Waals surface area contributed by atoms with E-state index in [4.69, 9.17) is 8.85 Å². The van der Waals surface area contributed by atoms with Crippen LogP contribution in [0.15, 0.2) is 36.4 Å². The van der Waals surface area contributed by atoms with Crippen LogP contribution in [0.1, 0.15) is 86.1 Å². The topological polar surface area (TPSA) is 58.9 Å². The summed E-state index contributed by atoms with van der Waals surface area (Å²) in [6.45, 7) is 25.6. The lowest BCUT2D eigenvalue weighted by atomic mass is 9.83. The predicted octanol–water partition coefficient (Wildman–Crippen LogP) is 9.10. The molecule has 224 valence electrons. The molecule has 1 aliphatic carbocycles. The quantitative estimate of drug-likeness (QED) is 0.140. The first-order valence-electron chi connectivity index (χ1n) is 15.3. The third-order valence-electron chi connectivity index (χ3n) is 9.83. The van der Waals surface area contributed by atoms with Crippen LogP contribution in [0, 0.1) is 17.8 Å². The van der Waals surface area contributed by atoms with Gasteiger partial charge in [-0.15, -0.1) is 0 Å². The van der Waals surface area contributed by atoms with Gasteiger partial charge in [0.1, 0.15) is 5.75 Å². The Morgan fingerprint density at radius 3 is 2.18 bits per heavy atom. The first-order chi connectivity index (χ1) is 17.9. The van der Waals surface area contributed by atoms with Crippen molar-refractivity contribution in [2.45, 2.75) is 135 Å². The molecule has 0 aromatic heterocycles. The molecule has 1 saturated carbocycles. The van der Waals surface area contributed by atoms with Crippen molar-refractivity contribution in [3.63, 3.8) is 0 Å². The molecule has 1 aromatic carbocycles. The molecule has 2 N–H and O–H groups in total. The van der Waals surface area contributed by atoms with Crippen molar-refractivity contribution in [2.75, 3.05) is 6.61 Å². The van der Waals surface area contributed by atoms with Crippen LogP contribution >= 0.6 is 0 Å². The summed E-state index contributed by atoms with van der Waals surface area (Å²) >= 11 is 0. The minimum absolute atomic E-state index is 0.0748. The first-order valence-corrected chi connectivity index (χ1v) is 21.2. The number of aliphatic hydroxyl groups excluding tert-OH is 1. The molecule has 2 rings (SSSR count). The number of phenols is 1. The van der Waals surface area contributed by atoms with E-state index in [1.54, 1.807) is 6.07 Å². The summed E-state index contributed by atoms with van der Waals surface area (Å²) in [5.41, 5.74) is 1.11. The molecule has 1 fully saturated rings. The molecule has 0 amide bonds. The number of rotatable bonds is 13. The van der Waals surface area contributed by atoms with Gasteiger partial charge in [0.2, 0.25) is 0 Å². The third-order valence-corrected chi connectivity index (χ3v) is 18.8. The summed E-state index contributed by atoms with van der Waals surface area (Å²) < 4.78 is 14.0. The van der Waals surface area contributed by atoms with Gasteiger partial charge in [0.15, 0.2) is 16.6 Å². The lowest BCUT2D eigenvalue weighted by molar-refractivity contribution is 0.146. The van der Waals surface area contributed by atoms with E-state index in [2.05, 4.69) is 92.9 Å². The van der Waals surface area contributed by atoms with Gasteiger partial charge in [-0.1, -0.05) is 92.0 Å². The highest BCUT2D eigenvalue weighted by Gasteiger charge is 2.47. The molecule has 39 heavy (non-hydrogen) atoms. The Morgan fingerprint density at radius 2 is 1.64 bits per heavy atom. The molecule has 0 radical (unpaired) electrons. The normalized spacial score (nSPS) is 24.0. The van der Waals surface area contributed by atoms with E-state index in [0.29, 0.717) is 5.75 Å². The summed E-state index contributed by atoms with van der Waals surface area (Å²) in [6.07, 6.45) is 11.2. The van der Waals surface area contributed by atoms with E-state index in [9.17, 15) is 10.2 Å². The van der Waals surface area contributed by atoms with Crippen LogP contribution in [0.4, 0.5) is 0 Å². The van der Waals surface area contributed by atoms with Crippen LogP contribution in [-0.2, 0) is 15.3 Å². The van der Waals surface area contributed by atoms with Gasteiger partial charge in [0.25, 0.3) is 0 Å².